The fraction of sp³-hybridized carbons (Fsp3) is 0.263. The van der Waals surface area contributed by atoms with Crippen molar-refractivity contribution in [3.63, 3.8) is 0 Å². The summed E-state index contributed by atoms with van der Waals surface area (Å²) in [5, 5.41) is 14.5. The predicted octanol–water partition coefficient (Wildman–Crippen LogP) is 1.92. The standard InChI is InChI=1S/C19H20N2O3/c22-12-16-5-2-1-4-15(16)11-20-18(23)19(24)21-17-9-8-13-6-3-7-14(13)10-17/h1-2,4-5,8-10,22H,3,6-7,11-12H2,(H,20,23)(H,21,24). The average molecular weight is 324 g/mol. The maximum Gasteiger partial charge on any atom is 0.313 e. The Bertz CT molecular complexity index is 771. The number of rotatable bonds is 4. The van der Waals surface area contributed by atoms with Gasteiger partial charge >= 0.3 is 11.8 Å². The van der Waals surface area contributed by atoms with E-state index in [4.69, 9.17) is 0 Å². The van der Waals surface area contributed by atoms with E-state index in [0.29, 0.717) is 5.69 Å². The van der Waals surface area contributed by atoms with Crippen molar-refractivity contribution in [2.75, 3.05) is 5.32 Å². The summed E-state index contributed by atoms with van der Waals surface area (Å²) in [4.78, 5) is 24.0. The summed E-state index contributed by atoms with van der Waals surface area (Å²) < 4.78 is 0. The summed E-state index contributed by atoms with van der Waals surface area (Å²) in [6.45, 7) is 0.0978. The second kappa shape index (κ2) is 7.27. The van der Waals surface area contributed by atoms with E-state index in [0.717, 1.165) is 30.4 Å². The minimum Gasteiger partial charge on any atom is -0.392 e. The molecule has 2 aromatic rings. The molecule has 0 fully saturated rings. The summed E-state index contributed by atoms with van der Waals surface area (Å²) in [5.41, 5.74) is 4.73. The molecule has 1 aliphatic rings. The van der Waals surface area contributed by atoms with Crippen molar-refractivity contribution in [1.82, 2.24) is 5.32 Å². The molecule has 0 atom stereocenters. The van der Waals surface area contributed by atoms with Crippen LogP contribution in [0.4, 0.5) is 5.69 Å². The lowest BCUT2D eigenvalue weighted by Gasteiger charge is -2.10. The number of carbonyl (C=O) groups excluding carboxylic acids is 2. The number of anilines is 1. The Balaban J connectivity index is 1.58. The first-order valence-electron chi connectivity index (χ1n) is 8.06. The Labute approximate surface area is 140 Å². The number of nitrogens with one attached hydrogen (secondary N) is 2. The Kier molecular flexibility index (Phi) is 4.91. The normalized spacial score (nSPS) is 12.5. The second-order valence-electron chi connectivity index (χ2n) is 5.90. The van der Waals surface area contributed by atoms with Crippen LogP contribution in [0.1, 0.15) is 28.7 Å². The highest BCUT2D eigenvalue weighted by molar-refractivity contribution is 6.39. The number of hydrogen-bond acceptors (Lipinski definition) is 3. The maximum atomic E-state index is 12.0. The van der Waals surface area contributed by atoms with Crippen LogP contribution in [-0.4, -0.2) is 16.9 Å². The van der Waals surface area contributed by atoms with E-state index in [9.17, 15) is 14.7 Å². The molecule has 1 aliphatic carbocycles. The molecule has 2 amide bonds. The molecule has 0 aliphatic heterocycles. The number of carbonyl (C=O) groups is 2. The van der Waals surface area contributed by atoms with E-state index in [1.54, 1.807) is 6.07 Å². The second-order valence-corrected chi connectivity index (χ2v) is 5.90. The van der Waals surface area contributed by atoms with Crippen molar-refractivity contribution in [3.8, 4) is 0 Å². The summed E-state index contributed by atoms with van der Waals surface area (Å²) in [6, 6.07) is 13.0. The van der Waals surface area contributed by atoms with E-state index in [2.05, 4.69) is 10.6 Å². The van der Waals surface area contributed by atoms with Crippen molar-refractivity contribution in [3.05, 3.63) is 64.7 Å². The van der Waals surface area contributed by atoms with Crippen molar-refractivity contribution in [1.29, 1.82) is 0 Å². The number of aryl methyl sites for hydroxylation is 2. The zero-order valence-corrected chi connectivity index (χ0v) is 13.3. The van der Waals surface area contributed by atoms with Crippen LogP contribution in [0.25, 0.3) is 0 Å². The van der Waals surface area contributed by atoms with E-state index < -0.39 is 11.8 Å². The van der Waals surface area contributed by atoms with Gasteiger partial charge in [-0.05, 0) is 53.6 Å². The van der Waals surface area contributed by atoms with Gasteiger partial charge < -0.3 is 15.7 Å². The summed E-state index contributed by atoms with van der Waals surface area (Å²) in [6.07, 6.45) is 3.23. The number of benzene rings is 2. The van der Waals surface area contributed by atoms with E-state index in [-0.39, 0.29) is 13.2 Å². The summed E-state index contributed by atoms with van der Waals surface area (Å²) in [5.74, 6) is -1.38. The van der Waals surface area contributed by atoms with Crippen molar-refractivity contribution in [2.45, 2.75) is 32.4 Å². The zero-order valence-electron chi connectivity index (χ0n) is 13.3. The van der Waals surface area contributed by atoms with Gasteiger partial charge in [-0.1, -0.05) is 30.3 Å². The van der Waals surface area contributed by atoms with Gasteiger partial charge in [-0.15, -0.1) is 0 Å². The Morgan fingerprint density at radius 2 is 1.71 bits per heavy atom. The Morgan fingerprint density at radius 3 is 2.50 bits per heavy atom. The number of fused-ring (bicyclic) bond motifs is 1. The molecule has 3 N–H and O–H groups in total. The van der Waals surface area contributed by atoms with Gasteiger partial charge in [-0.2, -0.15) is 0 Å². The van der Waals surface area contributed by atoms with Crippen LogP contribution in [0.2, 0.25) is 0 Å². The maximum absolute atomic E-state index is 12.0. The lowest BCUT2D eigenvalue weighted by atomic mass is 10.1. The molecule has 0 saturated carbocycles. The third-order valence-electron chi connectivity index (χ3n) is 4.29. The number of aliphatic hydroxyl groups is 1. The largest absolute Gasteiger partial charge is 0.392 e. The molecule has 0 radical (unpaired) electrons. The minimum absolute atomic E-state index is 0.104. The molecular weight excluding hydrogens is 304 g/mol. The zero-order chi connectivity index (χ0) is 16.9. The molecule has 5 heteroatoms. The molecule has 0 unspecified atom stereocenters. The third kappa shape index (κ3) is 3.63. The predicted molar refractivity (Wildman–Crippen MR) is 91.3 cm³/mol. The molecule has 124 valence electrons. The molecule has 0 heterocycles. The van der Waals surface area contributed by atoms with Gasteiger partial charge in [0.15, 0.2) is 0 Å². The van der Waals surface area contributed by atoms with Crippen LogP contribution in [0.5, 0.6) is 0 Å². The highest BCUT2D eigenvalue weighted by Crippen LogP contribution is 2.24. The highest BCUT2D eigenvalue weighted by Gasteiger charge is 2.16. The van der Waals surface area contributed by atoms with Crippen LogP contribution in [0.15, 0.2) is 42.5 Å². The Hall–Kier alpha value is -2.66. The van der Waals surface area contributed by atoms with Gasteiger partial charge in [-0.3, -0.25) is 9.59 Å². The number of hydrogen-bond donors (Lipinski definition) is 3. The molecule has 2 aromatic carbocycles. The SMILES string of the molecule is O=C(NCc1ccccc1CO)C(=O)Nc1ccc2c(c1)CCC2. The lowest BCUT2D eigenvalue weighted by Crippen LogP contribution is -2.35. The summed E-state index contributed by atoms with van der Waals surface area (Å²) >= 11 is 0. The van der Waals surface area contributed by atoms with E-state index in [1.165, 1.54) is 11.1 Å². The van der Waals surface area contributed by atoms with Crippen molar-refractivity contribution >= 4 is 17.5 Å². The van der Waals surface area contributed by atoms with Crippen LogP contribution in [0, 0.1) is 0 Å². The molecule has 0 saturated heterocycles. The molecular formula is C19H20N2O3. The highest BCUT2D eigenvalue weighted by atomic mass is 16.3. The van der Waals surface area contributed by atoms with Crippen LogP contribution < -0.4 is 10.6 Å². The minimum atomic E-state index is -0.691. The topological polar surface area (TPSA) is 78.4 Å². The third-order valence-corrected chi connectivity index (χ3v) is 4.29. The number of aliphatic hydroxyl groups excluding tert-OH is 1. The van der Waals surface area contributed by atoms with Crippen molar-refractivity contribution < 1.29 is 14.7 Å². The monoisotopic (exact) mass is 324 g/mol. The van der Waals surface area contributed by atoms with E-state index in [1.807, 2.05) is 36.4 Å². The first-order valence-corrected chi connectivity index (χ1v) is 8.06. The molecule has 0 spiro atoms. The molecule has 5 nitrogen and oxygen atoms in total. The molecule has 24 heavy (non-hydrogen) atoms. The van der Waals surface area contributed by atoms with Crippen molar-refractivity contribution in [2.24, 2.45) is 0 Å². The number of amides is 2. The lowest BCUT2D eigenvalue weighted by molar-refractivity contribution is -0.136. The van der Waals surface area contributed by atoms with Crippen LogP contribution in [-0.2, 0) is 35.6 Å². The fourth-order valence-electron chi connectivity index (χ4n) is 2.98. The van der Waals surface area contributed by atoms with Gasteiger partial charge in [0.25, 0.3) is 0 Å². The summed E-state index contributed by atoms with van der Waals surface area (Å²) in [7, 11) is 0. The Morgan fingerprint density at radius 1 is 0.958 bits per heavy atom. The average Bonchev–Trinajstić information content (AvgIpc) is 3.07. The van der Waals surface area contributed by atoms with Gasteiger partial charge in [-0.25, -0.2) is 0 Å². The van der Waals surface area contributed by atoms with Crippen LogP contribution in [0.3, 0.4) is 0 Å². The first kappa shape index (κ1) is 16.2. The van der Waals surface area contributed by atoms with E-state index >= 15 is 0 Å². The fourth-order valence-corrected chi connectivity index (χ4v) is 2.98. The molecule has 0 aromatic heterocycles. The quantitative estimate of drug-likeness (QED) is 0.752. The molecule has 0 bridgehead atoms. The van der Waals surface area contributed by atoms with Gasteiger partial charge in [0.2, 0.25) is 0 Å². The smallest absolute Gasteiger partial charge is 0.313 e. The van der Waals surface area contributed by atoms with Crippen LogP contribution >= 0.6 is 0 Å². The molecule has 3 rings (SSSR count). The first-order chi connectivity index (χ1) is 11.7. The van der Waals surface area contributed by atoms with Gasteiger partial charge in [0.1, 0.15) is 0 Å². The van der Waals surface area contributed by atoms with Gasteiger partial charge in [0.05, 0.1) is 6.61 Å². The van der Waals surface area contributed by atoms with Gasteiger partial charge in [0, 0.05) is 12.2 Å².